The van der Waals surface area contributed by atoms with E-state index in [9.17, 15) is 14.4 Å². The molecule has 0 atom stereocenters. The van der Waals surface area contributed by atoms with Crippen LogP contribution in [0.2, 0.25) is 10.0 Å². The van der Waals surface area contributed by atoms with Gasteiger partial charge in [0.1, 0.15) is 0 Å². The summed E-state index contributed by atoms with van der Waals surface area (Å²) in [5.41, 5.74) is 0.941. The van der Waals surface area contributed by atoms with Gasteiger partial charge in [0.2, 0.25) is 0 Å². The standard InChI is InChI=1S/C19H17Cl2N3O3/c1-3-24-16-7-5-12(9-15(16)22-17(25)19(24)27)18(26)23(2)10-11-4-6-13(20)14(21)8-11/h4-9H,3,10H2,1-2H3,(H,22,25). The number of benzene rings is 2. The van der Waals surface area contributed by atoms with Crippen LogP contribution in [-0.2, 0) is 13.1 Å². The smallest absolute Gasteiger partial charge is 0.316 e. The van der Waals surface area contributed by atoms with E-state index in [0.717, 1.165) is 5.56 Å². The number of nitrogens with one attached hydrogen (secondary N) is 1. The van der Waals surface area contributed by atoms with E-state index < -0.39 is 11.1 Å². The van der Waals surface area contributed by atoms with E-state index in [1.807, 2.05) is 0 Å². The highest BCUT2D eigenvalue weighted by Gasteiger charge is 2.15. The first-order valence-corrected chi connectivity index (χ1v) is 9.03. The van der Waals surface area contributed by atoms with Crippen molar-refractivity contribution in [1.29, 1.82) is 0 Å². The molecule has 0 saturated heterocycles. The quantitative estimate of drug-likeness (QED) is 0.676. The van der Waals surface area contributed by atoms with Crippen molar-refractivity contribution in [3.8, 4) is 0 Å². The number of amides is 1. The number of carbonyl (C=O) groups excluding carboxylic acids is 1. The van der Waals surface area contributed by atoms with Gasteiger partial charge in [0.05, 0.1) is 21.1 Å². The third-order valence-electron chi connectivity index (χ3n) is 4.29. The first kappa shape index (κ1) is 19.2. The summed E-state index contributed by atoms with van der Waals surface area (Å²) in [4.78, 5) is 40.6. The highest BCUT2D eigenvalue weighted by Crippen LogP contribution is 2.23. The maximum atomic E-state index is 12.8. The number of aromatic amines is 1. The maximum absolute atomic E-state index is 12.8. The van der Waals surface area contributed by atoms with Crippen LogP contribution < -0.4 is 11.1 Å². The molecule has 0 spiro atoms. The monoisotopic (exact) mass is 405 g/mol. The highest BCUT2D eigenvalue weighted by molar-refractivity contribution is 6.42. The molecule has 140 valence electrons. The van der Waals surface area contributed by atoms with Crippen molar-refractivity contribution in [2.75, 3.05) is 7.05 Å². The zero-order valence-corrected chi connectivity index (χ0v) is 16.3. The van der Waals surface area contributed by atoms with Gasteiger partial charge in [-0.1, -0.05) is 29.3 Å². The lowest BCUT2D eigenvalue weighted by molar-refractivity contribution is 0.0785. The van der Waals surface area contributed by atoms with Crippen molar-refractivity contribution in [1.82, 2.24) is 14.5 Å². The molecule has 0 radical (unpaired) electrons. The van der Waals surface area contributed by atoms with Crippen LogP contribution in [-0.4, -0.2) is 27.4 Å². The summed E-state index contributed by atoms with van der Waals surface area (Å²) in [6.07, 6.45) is 0. The van der Waals surface area contributed by atoms with E-state index >= 15 is 0 Å². The minimum Gasteiger partial charge on any atom is -0.337 e. The van der Waals surface area contributed by atoms with Crippen molar-refractivity contribution in [3.63, 3.8) is 0 Å². The Labute approximate surface area is 164 Å². The third kappa shape index (κ3) is 3.77. The van der Waals surface area contributed by atoms with Crippen LogP contribution in [0.1, 0.15) is 22.8 Å². The number of hydrogen-bond donors (Lipinski definition) is 1. The van der Waals surface area contributed by atoms with Crippen LogP contribution in [0.15, 0.2) is 46.0 Å². The van der Waals surface area contributed by atoms with Gasteiger partial charge >= 0.3 is 11.1 Å². The van der Waals surface area contributed by atoms with Gasteiger partial charge in [-0.3, -0.25) is 14.4 Å². The minimum absolute atomic E-state index is 0.224. The zero-order valence-electron chi connectivity index (χ0n) is 14.8. The molecule has 1 amide bonds. The summed E-state index contributed by atoms with van der Waals surface area (Å²) in [5.74, 6) is -0.224. The van der Waals surface area contributed by atoms with Crippen molar-refractivity contribution in [3.05, 3.63) is 78.3 Å². The lowest BCUT2D eigenvalue weighted by Gasteiger charge is -2.18. The molecule has 1 N–H and O–H groups in total. The summed E-state index contributed by atoms with van der Waals surface area (Å²) >= 11 is 11.9. The second kappa shape index (κ2) is 7.58. The number of hydrogen-bond acceptors (Lipinski definition) is 3. The predicted octanol–water partition coefficient (Wildman–Crippen LogP) is 3.29. The summed E-state index contributed by atoms with van der Waals surface area (Å²) in [6, 6.07) is 10.1. The summed E-state index contributed by atoms with van der Waals surface area (Å²) < 4.78 is 1.38. The molecule has 1 heterocycles. The molecule has 3 aromatic rings. The second-order valence-corrected chi connectivity index (χ2v) is 6.96. The Kier molecular flexibility index (Phi) is 5.39. The first-order chi connectivity index (χ1) is 12.8. The van der Waals surface area contributed by atoms with E-state index in [1.54, 1.807) is 50.4 Å². The number of halogens is 2. The van der Waals surface area contributed by atoms with Crippen LogP contribution in [0.4, 0.5) is 0 Å². The van der Waals surface area contributed by atoms with Crippen molar-refractivity contribution >= 4 is 40.1 Å². The van der Waals surface area contributed by atoms with Crippen molar-refractivity contribution < 1.29 is 4.79 Å². The van der Waals surface area contributed by atoms with Crippen LogP contribution in [0.3, 0.4) is 0 Å². The fourth-order valence-corrected chi connectivity index (χ4v) is 3.25. The first-order valence-electron chi connectivity index (χ1n) is 8.28. The molecule has 0 bridgehead atoms. The number of nitrogens with zero attached hydrogens (tertiary/aromatic N) is 2. The molecule has 1 aromatic heterocycles. The van der Waals surface area contributed by atoms with Crippen LogP contribution >= 0.6 is 23.2 Å². The Morgan fingerprint density at radius 3 is 2.52 bits per heavy atom. The normalized spacial score (nSPS) is 11.0. The Hall–Kier alpha value is -2.57. The van der Waals surface area contributed by atoms with Gasteiger partial charge in [-0.25, -0.2) is 0 Å². The van der Waals surface area contributed by atoms with E-state index in [0.29, 0.717) is 39.7 Å². The van der Waals surface area contributed by atoms with Gasteiger partial charge < -0.3 is 14.5 Å². The maximum Gasteiger partial charge on any atom is 0.316 e. The van der Waals surface area contributed by atoms with Gasteiger partial charge in [-0.2, -0.15) is 0 Å². The second-order valence-electron chi connectivity index (χ2n) is 6.15. The van der Waals surface area contributed by atoms with Crippen LogP contribution in [0.25, 0.3) is 11.0 Å². The Morgan fingerprint density at radius 2 is 1.85 bits per heavy atom. The molecule has 0 aliphatic heterocycles. The number of carbonyl (C=O) groups is 1. The number of H-pyrrole nitrogens is 1. The van der Waals surface area contributed by atoms with Crippen LogP contribution in [0, 0.1) is 0 Å². The summed E-state index contributed by atoms with van der Waals surface area (Å²) in [7, 11) is 1.67. The van der Waals surface area contributed by atoms with Crippen molar-refractivity contribution in [2.45, 2.75) is 20.0 Å². The largest absolute Gasteiger partial charge is 0.337 e. The molecule has 0 aliphatic rings. The van der Waals surface area contributed by atoms with E-state index in [2.05, 4.69) is 4.98 Å². The van der Waals surface area contributed by atoms with E-state index in [-0.39, 0.29) is 5.91 Å². The fourth-order valence-electron chi connectivity index (χ4n) is 2.93. The average Bonchev–Trinajstić information content (AvgIpc) is 2.65. The average molecular weight is 406 g/mol. The SMILES string of the molecule is CCn1c(=O)c(=O)[nH]c2cc(C(=O)N(C)Cc3ccc(Cl)c(Cl)c3)ccc21. The van der Waals surface area contributed by atoms with Crippen LogP contribution in [0.5, 0.6) is 0 Å². The lowest BCUT2D eigenvalue weighted by atomic mass is 10.1. The number of aromatic nitrogens is 2. The molecular formula is C19H17Cl2N3O3. The molecule has 0 fully saturated rings. The minimum atomic E-state index is -0.710. The molecule has 2 aromatic carbocycles. The van der Waals surface area contributed by atoms with Gasteiger partial charge in [0, 0.05) is 25.7 Å². The molecule has 3 rings (SSSR count). The Morgan fingerprint density at radius 1 is 1.11 bits per heavy atom. The van der Waals surface area contributed by atoms with Gasteiger partial charge in [-0.05, 0) is 42.8 Å². The molecule has 8 heteroatoms. The van der Waals surface area contributed by atoms with Gasteiger partial charge in [0.15, 0.2) is 0 Å². The van der Waals surface area contributed by atoms with Crippen molar-refractivity contribution in [2.24, 2.45) is 0 Å². The van der Waals surface area contributed by atoms with Gasteiger partial charge in [-0.15, -0.1) is 0 Å². The topological polar surface area (TPSA) is 75.2 Å². The third-order valence-corrected chi connectivity index (χ3v) is 5.03. The Bertz CT molecular complexity index is 1150. The lowest BCUT2D eigenvalue weighted by Crippen LogP contribution is -2.36. The summed E-state index contributed by atoms with van der Waals surface area (Å²) in [5, 5.41) is 0.880. The van der Waals surface area contributed by atoms with E-state index in [4.69, 9.17) is 23.2 Å². The molecule has 0 unspecified atom stereocenters. The highest BCUT2D eigenvalue weighted by atomic mass is 35.5. The predicted molar refractivity (Wildman–Crippen MR) is 107 cm³/mol. The molecule has 0 saturated carbocycles. The Balaban J connectivity index is 1.93. The summed E-state index contributed by atoms with van der Waals surface area (Å²) in [6.45, 7) is 2.49. The molecular weight excluding hydrogens is 389 g/mol. The van der Waals surface area contributed by atoms with E-state index in [1.165, 1.54) is 9.47 Å². The molecule has 6 nitrogen and oxygen atoms in total. The molecule has 27 heavy (non-hydrogen) atoms. The number of fused-ring (bicyclic) bond motifs is 1. The number of rotatable bonds is 4. The molecule has 0 aliphatic carbocycles. The zero-order chi connectivity index (χ0) is 19.7. The fraction of sp³-hybridized carbons (Fsp3) is 0.211. The van der Waals surface area contributed by atoms with Gasteiger partial charge in [0.25, 0.3) is 5.91 Å². The number of aryl methyl sites for hydroxylation is 1.